The second-order valence-corrected chi connectivity index (χ2v) is 7.43. The van der Waals surface area contributed by atoms with E-state index in [2.05, 4.69) is 71.5 Å². The van der Waals surface area contributed by atoms with Gasteiger partial charge in [0.25, 0.3) is 0 Å². The summed E-state index contributed by atoms with van der Waals surface area (Å²) in [5.41, 5.74) is 6.44. The fraction of sp³-hybridized carbons (Fsp3) is 0.0952. The molecule has 0 aliphatic heterocycles. The van der Waals surface area contributed by atoms with Gasteiger partial charge in [-0.25, -0.2) is 4.98 Å². The van der Waals surface area contributed by atoms with Crippen molar-refractivity contribution >= 4 is 34.4 Å². The molecule has 2 nitrogen and oxygen atoms in total. The highest BCUT2D eigenvalue weighted by Gasteiger charge is 2.10. The molecule has 124 valence electrons. The maximum absolute atomic E-state index is 6.53. The molecular formula is C21H17ClN2S. The zero-order valence-corrected chi connectivity index (χ0v) is 15.4. The highest BCUT2D eigenvalue weighted by atomic mass is 35.5. The van der Waals surface area contributed by atoms with E-state index in [1.165, 1.54) is 11.1 Å². The number of imidazole rings is 1. The number of thioether (sulfide) groups is 1. The van der Waals surface area contributed by atoms with Gasteiger partial charge in [-0.2, -0.15) is 0 Å². The van der Waals surface area contributed by atoms with Crippen LogP contribution in [0.4, 0.5) is 0 Å². The van der Waals surface area contributed by atoms with Crippen LogP contribution in [0.3, 0.4) is 0 Å². The van der Waals surface area contributed by atoms with E-state index in [4.69, 9.17) is 11.6 Å². The number of H-pyrrole nitrogens is 1. The topological polar surface area (TPSA) is 28.7 Å². The van der Waals surface area contributed by atoms with Crippen molar-refractivity contribution in [2.24, 2.45) is 0 Å². The number of aromatic nitrogens is 2. The van der Waals surface area contributed by atoms with Crippen LogP contribution in [0.2, 0.25) is 5.02 Å². The van der Waals surface area contributed by atoms with Crippen LogP contribution < -0.4 is 0 Å². The molecule has 4 heteroatoms. The minimum absolute atomic E-state index is 0.733. The Balaban J connectivity index is 1.72. The summed E-state index contributed by atoms with van der Waals surface area (Å²) in [4.78, 5) is 7.96. The van der Waals surface area contributed by atoms with Gasteiger partial charge in [0.1, 0.15) is 0 Å². The summed E-state index contributed by atoms with van der Waals surface area (Å²) in [6.45, 7) is 2.12. The molecule has 0 aliphatic rings. The number of hydrogen-bond acceptors (Lipinski definition) is 2. The Labute approximate surface area is 156 Å². The van der Waals surface area contributed by atoms with E-state index in [1.54, 1.807) is 11.8 Å². The van der Waals surface area contributed by atoms with Gasteiger partial charge >= 0.3 is 0 Å². The molecule has 0 unspecified atom stereocenters. The van der Waals surface area contributed by atoms with Gasteiger partial charge in [0.15, 0.2) is 5.16 Å². The molecule has 25 heavy (non-hydrogen) atoms. The number of fused-ring (bicyclic) bond motifs is 1. The van der Waals surface area contributed by atoms with Crippen molar-refractivity contribution in [1.82, 2.24) is 9.97 Å². The normalized spacial score (nSPS) is 11.1. The Morgan fingerprint density at radius 2 is 1.60 bits per heavy atom. The maximum atomic E-state index is 6.53. The molecule has 0 fully saturated rings. The summed E-state index contributed by atoms with van der Waals surface area (Å²) in [5, 5.41) is 1.67. The van der Waals surface area contributed by atoms with Crippen LogP contribution in [0.15, 0.2) is 71.9 Å². The van der Waals surface area contributed by atoms with Gasteiger partial charge in [-0.05, 0) is 34.6 Å². The lowest BCUT2D eigenvalue weighted by Gasteiger charge is -2.07. The molecule has 1 N–H and O–H groups in total. The maximum Gasteiger partial charge on any atom is 0.166 e. The lowest BCUT2D eigenvalue weighted by atomic mass is 10.00. The fourth-order valence-corrected chi connectivity index (χ4v) is 3.80. The number of rotatable bonds is 4. The Hall–Kier alpha value is -2.23. The summed E-state index contributed by atoms with van der Waals surface area (Å²) >= 11 is 8.22. The predicted molar refractivity (Wildman–Crippen MR) is 108 cm³/mol. The van der Waals surface area contributed by atoms with Gasteiger partial charge in [0.2, 0.25) is 0 Å². The number of nitrogens with one attached hydrogen (secondary N) is 1. The molecule has 0 atom stereocenters. The quantitative estimate of drug-likeness (QED) is 0.410. The molecule has 3 aromatic carbocycles. The highest BCUT2D eigenvalue weighted by molar-refractivity contribution is 7.99. The molecule has 0 spiro atoms. The van der Waals surface area contributed by atoms with Gasteiger partial charge in [-0.1, -0.05) is 84.9 Å². The molecule has 0 bridgehead atoms. The van der Waals surface area contributed by atoms with E-state index in [1.807, 2.05) is 12.1 Å². The van der Waals surface area contributed by atoms with E-state index in [0.717, 1.165) is 38.1 Å². The lowest BCUT2D eigenvalue weighted by molar-refractivity contribution is 1.08. The van der Waals surface area contributed by atoms with E-state index in [-0.39, 0.29) is 0 Å². The smallest absolute Gasteiger partial charge is 0.166 e. The zero-order chi connectivity index (χ0) is 17.2. The standard InChI is InChI=1S/C21H17ClN2S/c1-2-25-21-23-19-12-17(18(22)13-20(19)24-21)16-10-8-15(9-11-16)14-6-4-3-5-7-14/h3-13H,2H2,1H3,(H,23,24). The summed E-state index contributed by atoms with van der Waals surface area (Å²) in [7, 11) is 0. The van der Waals surface area contributed by atoms with Crippen molar-refractivity contribution in [2.45, 2.75) is 12.1 Å². The molecule has 0 amide bonds. The third-order valence-corrected chi connectivity index (χ3v) is 5.20. The van der Waals surface area contributed by atoms with Gasteiger partial charge in [0.05, 0.1) is 16.1 Å². The molecule has 1 aromatic heterocycles. The Morgan fingerprint density at radius 1 is 0.920 bits per heavy atom. The summed E-state index contributed by atoms with van der Waals surface area (Å²) in [6, 6.07) is 22.9. The molecule has 0 saturated heterocycles. The number of aromatic amines is 1. The van der Waals surface area contributed by atoms with Crippen molar-refractivity contribution in [3.8, 4) is 22.3 Å². The number of benzene rings is 3. The summed E-state index contributed by atoms with van der Waals surface area (Å²) in [6.07, 6.45) is 0. The van der Waals surface area contributed by atoms with E-state index >= 15 is 0 Å². The molecule has 0 saturated carbocycles. The first-order valence-corrected chi connectivity index (χ1v) is 9.59. The van der Waals surface area contributed by atoms with E-state index < -0.39 is 0 Å². The monoisotopic (exact) mass is 364 g/mol. The van der Waals surface area contributed by atoms with Crippen molar-refractivity contribution in [3.05, 3.63) is 71.8 Å². The number of nitrogens with zero attached hydrogens (tertiary/aromatic N) is 1. The molecule has 4 rings (SSSR count). The SMILES string of the molecule is CCSc1nc2cc(-c3ccc(-c4ccccc4)cc3)c(Cl)cc2[nH]1. The average molecular weight is 365 g/mol. The van der Waals surface area contributed by atoms with Crippen molar-refractivity contribution in [1.29, 1.82) is 0 Å². The zero-order valence-electron chi connectivity index (χ0n) is 13.8. The second kappa shape index (κ2) is 6.95. The number of hydrogen-bond donors (Lipinski definition) is 1. The van der Waals surface area contributed by atoms with Crippen LogP contribution >= 0.6 is 23.4 Å². The van der Waals surface area contributed by atoms with Crippen LogP contribution in [-0.2, 0) is 0 Å². The fourth-order valence-electron chi connectivity index (χ4n) is 2.91. The first-order chi connectivity index (χ1) is 12.2. The number of halogens is 1. The average Bonchev–Trinajstić information content (AvgIpc) is 3.03. The third kappa shape index (κ3) is 3.30. The van der Waals surface area contributed by atoms with Crippen LogP contribution in [-0.4, -0.2) is 15.7 Å². The third-order valence-electron chi connectivity index (χ3n) is 4.13. The molecule has 0 radical (unpaired) electrons. The largest absolute Gasteiger partial charge is 0.333 e. The Bertz CT molecular complexity index is 1010. The van der Waals surface area contributed by atoms with Gasteiger partial charge in [-0.15, -0.1) is 0 Å². The first-order valence-electron chi connectivity index (χ1n) is 8.22. The minimum Gasteiger partial charge on any atom is -0.333 e. The summed E-state index contributed by atoms with van der Waals surface area (Å²) < 4.78 is 0. The predicted octanol–water partition coefficient (Wildman–Crippen LogP) is 6.66. The van der Waals surface area contributed by atoms with Crippen LogP contribution in [0.1, 0.15) is 6.92 Å². The Morgan fingerprint density at radius 3 is 2.32 bits per heavy atom. The van der Waals surface area contributed by atoms with E-state index in [9.17, 15) is 0 Å². The molecule has 1 heterocycles. The van der Waals surface area contributed by atoms with Gasteiger partial charge in [0, 0.05) is 5.56 Å². The second-order valence-electron chi connectivity index (χ2n) is 5.77. The van der Waals surface area contributed by atoms with Gasteiger partial charge in [-0.3, -0.25) is 0 Å². The highest BCUT2D eigenvalue weighted by Crippen LogP contribution is 2.33. The summed E-state index contributed by atoms with van der Waals surface area (Å²) in [5.74, 6) is 0.987. The van der Waals surface area contributed by atoms with Gasteiger partial charge < -0.3 is 4.98 Å². The van der Waals surface area contributed by atoms with E-state index in [0.29, 0.717) is 0 Å². The molecule has 0 aliphatic carbocycles. The van der Waals surface area contributed by atoms with Crippen molar-refractivity contribution < 1.29 is 0 Å². The molecular weight excluding hydrogens is 348 g/mol. The van der Waals surface area contributed by atoms with Crippen molar-refractivity contribution in [2.75, 3.05) is 5.75 Å². The molecule has 4 aromatic rings. The Kier molecular flexibility index (Phi) is 4.51. The lowest BCUT2D eigenvalue weighted by Crippen LogP contribution is -1.82. The van der Waals surface area contributed by atoms with Crippen LogP contribution in [0.25, 0.3) is 33.3 Å². The van der Waals surface area contributed by atoms with Crippen molar-refractivity contribution in [3.63, 3.8) is 0 Å². The van der Waals surface area contributed by atoms with Crippen LogP contribution in [0.5, 0.6) is 0 Å². The first kappa shape index (κ1) is 16.2. The van der Waals surface area contributed by atoms with Crippen LogP contribution in [0, 0.1) is 0 Å². The minimum atomic E-state index is 0.733.